The molecular formula is C12H8F3NO2S. The van der Waals surface area contributed by atoms with Gasteiger partial charge in [0.25, 0.3) is 0 Å². The predicted octanol–water partition coefficient (Wildman–Crippen LogP) is 3.40. The van der Waals surface area contributed by atoms with Crippen LogP contribution in [0.1, 0.15) is 20.8 Å². The maximum absolute atomic E-state index is 12.8. The fourth-order valence-corrected chi connectivity index (χ4v) is 2.38. The normalized spacial score (nSPS) is 11.4. The summed E-state index contributed by atoms with van der Waals surface area (Å²) in [5.74, 6) is -0.487. The largest absolute Gasteiger partial charge is 0.495 e. The third kappa shape index (κ3) is 2.60. The van der Waals surface area contributed by atoms with Crippen LogP contribution in [-0.4, -0.2) is 17.9 Å². The summed E-state index contributed by atoms with van der Waals surface area (Å²) in [6.07, 6.45) is -2.67. The Labute approximate surface area is 110 Å². The molecule has 0 N–H and O–H groups in total. The van der Waals surface area contributed by atoms with Gasteiger partial charge in [0.1, 0.15) is 10.6 Å². The van der Waals surface area contributed by atoms with Crippen LogP contribution in [0.15, 0.2) is 29.9 Å². The van der Waals surface area contributed by atoms with Crippen molar-refractivity contribution in [3.05, 3.63) is 45.9 Å². The van der Waals surface area contributed by atoms with Gasteiger partial charge in [-0.1, -0.05) is 0 Å². The van der Waals surface area contributed by atoms with E-state index in [1.54, 1.807) is 5.38 Å². The molecule has 0 aliphatic rings. The Hall–Kier alpha value is -1.89. The summed E-state index contributed by atoms with van der Waals surface area (Å²) < 4.78 is 43.4. The molecule has 0 saturated heterocycles. The standard InChI is InChI=1S/C12H8F3NO2S/c1-18-9-3-5-19-11(9)10(17)7-6-16-4-2-8(7)12(13,14)15/h2-6H,1H3. The van der Waals surface area contributed by atoms with Gasteiger partial charge in [-0.25, -0.2) is 0 Å². The van der Waals surface area contributed by atoms with Crippen molar-refractivity contribution in [2.45, 2.75) is 6.18 Å². The van der Waals surface area contributed by atoms with E-state index in [9.17, 15) is 18.0 Å². The van der Waals surface area contributed by atoms with Gasteiger partial charge in [0.15, 0.2) is 0 Å². The first-order valence-corrected chi connectivity index (χ1v) is 6.00. The van der Waals surface area contributed by atoms with Crippen LogP contribution in [0.5, 0.6) is 5.75 Å². The molecule has 7 heteroatoms. The number of hydrogen-bond acceptors (Lipinski definition) is 4. The second-order valence-electron chi connectivity index (χ2n) is 3.57. The topological polar surface area (TPSA) is 39.2 Å². The smallest absolute Gasteiger partial charge is 0.417 e. The van der Waals surface area contributed by atoms with E-state index >= 15 is 0 Å². The number of hydrogen-bond donors (Lipinski definition) is 0. The number of alkyl halides is 3. The summed E-state index contributed by atoms with van der Waals surface area (Å²) in [5.41, 5.74) is -1.47. The monoisotopic (exact) mass is 287 g/mol. The van der Waals surface area contributed by atoms with Gasteiger partial charge in [0, 0.05) is 12.4 Å². The number of aromatic nitrogens is 1. The van der Waals surface area contributed by atoms with E-state index in [0.29, 0.717) is 0 Å². The Kier molecular flexibility index (Phi) is 3.57. The highest BCUT2D eigenvalue weighted by Crippen LogP contribution is 2.34. The van der Waals surface area contributed by atoms with Gasteiger partial charge >= 0.3 is 6.18 Å². The first-order chi connectivity index (χ1) is 8.95. The molecule has 2 rings (SSSR count). The molecule has 19 heavy (non-hydrogen) atoms. The van der Waals surface area contributed by atoms with E-state index in [2.05, 4.69) is 4.98 Å². The quantitative estimate of drug-likeness (QED) is 0.812. The second kappa shape index (κ2) is 5.00. The minimum absolute atomic E-state index is 0.126. The zero-order chi connectivity index (χ0) is 14.0. The summed E-state index contributed by atoms with van der Waals surface area (Å²) >= 11 is 1.03. The van der Waals surface area contributed by atoms with Crippen LogP contribution in [0.2, 0.25) is 0 Å². The molecule has 0 spiro atoms. The van der Waals surface area contributed by atoms with Crippen LogP contribution >= 0.6 is 11.3 Å². The highest BCUT2D eigenvalue weighted by molar-refractivity contribution is 7.12. The molecular weight excluding hydrogens is 279 g/mol. The number of rotatable bonds is 3. The lowest BCUT2D eigenvalue weighted by atomic mass is 10.0. The maximum Gasteiger partial charge on any atom is 0.417 e. The van der Waals surface area contributed by atoms with Crippen molar-refractivity contribution in [3.63, 3.8) is 0 Å². The number of nitrogens with zero attached hydrogens (tertiary/aromatic N) is 1. The molecule has 0 fully saturated rings. The molecule has 0 amide bonds. The number of pyridine rings is 1. The van der Waals surface area contributed by atoms with Crippen LogP contribution < -0.4 is 4.74 Å². The fraction of sp³-hybridized carbons (Fsp3) is 0.167. The zero-order valence-corrected chi connectivity index (χ0v) is 10.5. The lowest BCUT2D eigenvalue weighted by Crippen LogP contribution is -2.14. The van der Waals surface area contributed by atoms with E-state index < -0.39 is 23.1 Å². The van der Waals surface area contributed by atoms with Crippen molar-refractivity contribution in [2.75, 3.05) is 7.11 Å². The molecule has 2 heterocycles. The van der Waals surface area contributed by atoms with Crippen molar-refractivity contribution in [2.24, 2.45) is 0 Å². The molecule has 0 radical (unpaired) electrons. The van der Waals surface area contributed by atoms with Gasteiger partial charge in [-0.05, 0) is 17.5 Å². The molecule has 0 aliphatic heterocycles. The van der Waals surface area contributed by atoms with Crippen molar-refractivity contribution < 1.29 is 22.7 Å². The van der Waals surface area contributed by atoms with E-state index in [4.69, 9.17) is 4.74 Å². The van der Waals surface area contributed by atoms with Crippen molar-refractivity contribution in [1.29, 1.82) is 0 Å². The van der Waals surface area contributed by atoms with E-state index in [-0.39, 0.29) is 10.6 Å². The van der Waals surface area contributed by atoms with Gasteiger partial charge in [-0.2, -0.15) is 13.2 Å². The van der Waals surface area contributed by atoms with Crippen molar-refractivity contribution in [3.8, 4) is 5.75 Å². The molecule has 0 bridgehead atoms. The molecule has 2 aromatic heterocycles. The molecule has 100 valence electrons. The molecule has 0 atom stereocenters. The summed E-state index contributed by atoms with van der Waals surface area (Å²) in [4.78, 5) is 15.9. The lowest BCUT2D eigenvalue weighted by molar-refractivity contribution is -0.137. The highest BCUT2D eigenvalue weighted by Gasteiger charge is 2.36. The summed E-state index contributed by atoms with van der Waals surface area (Å²) in [6, 6.07) is 2.31. The number of halogens is 3. The third-order valence-electron chi connectivity index (χ3n) is 2.43. The maximum atomic E-state index is 12.8. The molecule has 3 nitrogen and oxygen atoms in total. The van der Waals surface area contributed by atoms with Gasteiger partial charge < -0.3 is 4.74 Å². The molecule has 0 aromatic carbocycles. The van der Waals surface area contributed by atoms with E-state index in [1.807, 2.05) is 0 Å². The number of carbonyl (C=O) groups is 1. The van der Waals surface area contributed by atoms with Gasteiger partial charge in [0.2, 0.25) is 5.78 Å². The lowest BCUT2D eigenvalue weighted by Gasteiger charge is -2.11. The molecule has 2 aromatic rings. The SMILES string of the molecule is COc1ccsc1C(=O)c1cnccc1C(F)(F)F. The number of ether oxygens (including phenoxy) is 1. The van der Waals surface area contributed by atoms with Crippen LogP contribution in [0.3, 0.4) is 0 Å². The summed E-state index contributed by atoms with van der Waals surface area (Å²) in [7, 11) is 1.35. The predicted molar refractivity (Wildman–Crippen MR) is 63.5 cm³/mol. The minimum atomic E-state index is -4.60. The Morgan fingerprint density at radius 3 is 2.74 bits per heavy atom. The number of carbonyl (C=O) groups excluding carboxylic acids is 1. The molecule has 0 aliphatic carbocycles. The minimum Gasteiger partial charge on any atom is -0.495 e. The number of methoxy groups -OCH3 is 1. The third-order valence-corrected chi connectivity index (χ3v) is 3.32. The van der Waals surface area contributed by atoms with Crippen LogP contribution in [-0.2, 0) is 6.18 Å². The first-order valence-electron chi connectivity index (χ1n) is 5.12. The average Bonchev–Trinajstić information content (AvgIpc) is 2.85. The average molecular weight is 287 g/mol. The number of thiophene rings is 1. The van der Waals surface area contributed by atoms with Crippen molar-refractivity contribution in [1.82, 2.24) is 4.98 Å². The van der Waals surface area contributed by atoms with E-state index in [0.717, 1.165) is 29.8 Å². The van der Waals surface area contributed by atoms with Crippen LogP contribution in [0, 0.1) is 0 Å². The Bertz CT molecular complexity index is 607. The van der Waals surface area contributed by atoms with Gasteiger partial charge in [0.05, 0.1) is 18.2 Å². The summed E-state index contributed by atoms with van der Waals surface area (Å²) in [6.45, 7) is 0. The zero-order valence-electron chi connectivity index (χ0n) is 9.69. The summed E-state index contributed by atoms with van der Waals surface area (Å²) in [5, 5.41) is 1.58. The van der Waals surface area contributed by atoms with Gasteiger partial charge in [-0.15, -0.1) is 11.3 Å². The molecule has 0 unspecified atom stereocenters. The Balaban J connectivity index is 2.51. The van der Waals surface area contributed by atoms with Crippen molar-refractivity contribution >= 4 is 17.1 Å². The Morgan fingerprint density at radius 1 is 1.37 bits per heavy atom. The van der Waals surface area contributed by atoms with E-state index in [1.165, 1.54) is 13.2 Å². The second-order valence-corrected chi connectivity index (χ2v) is 4.48. The fourth-order valence-electron chi connectivity index (χ4n) is 1.57. The molecule has 0 saturated carbocycles. The first kappa shape index (κ1) is 13.5. The van der Waals surface area contributed by atoms with Crippen LogP contribution in [0.25, 0.3) is 0 Å². The Morgan fingerprint density at radius 2 is 2.11 bits per heavy atom. The van der Waals surface area contributed by atoms with Crippen LogP contribution in [0.4, 0.5) is 13.2 Å². The highest BCUT2D eigenvalue weighted by atomic mass is 32.1. The van der Waals surface area contributed by atoms with Gasteiger partial charge in [-0.3, -0.25) is 9.78 Å². The number of ketones is 1.